The highest BCUT2D eigenvalue weighted by Crippen LogP contribution is 2.28. The Kier molecular flexibility index (Phi) is 5.21. The van der Waals surface area contributed by atoms with Gasteiger partial charge >= 0.3 is 5.97 Å². The van der Waals surface area contributed by atoms with E-state index in [2.05, 4.69) is 4.74 Å². The van der Waals surface area contributed by atoms with Gasteiger partial charge in [-0.15, -0.1) is 0 Å². The van der Waals surface area contributed by atoms with Gasteiger partial charge in [0.05, 0.1) is 30.7 Å². The first-order chi connectivity index (χ1) is 9.33. The molecule has 0 aliphatic carbocycles. The van der Waals surface area contributed by atoms with E-state index in [0.29, 0.717) is 0 Å². The number of Topliss-reactive ketones (excluding diaryl/α,β-unsaturated/α-hetero) is 2. The molecule has 1 atom stereocenters. The largest absolute Gasteiger partial charge is 0.495 e. The highest BCUT2D eigenvalue weighted by atomic mass is 35.5. The van der Waals surface area contributed by atoms with Crippen LogP contribution in [0.25, 0.3) is 0 Å². The number of ether oxygens (including phenoxy) is 2. The molecule has 5 nitrogen and oxygen atoms in total. The third kappa shape index (κ3) is 3.14. The molecular weight excluding hydrogens is 291 g/mol. The van der Waals surface area contributed by atoms with Gasteiger partial charge in [-0.25, -0.2) is 9.18 Å². The van der Waals surface area contributed by atoms with E-state index >= 15 is 0 Å². The maximum Gasteiger partial charge on any atom is 0.375 e. The fourth-order valence-corrected chi connectivity index (χ4v) is 1.73. The van der Waals surface area contributed by atoms with Crippen LogP contribution < -0.4 is 4.74 Å². The molecule has 7 heteroatoms. The summed E-state index contributed by atoms with van der Waals surface area (Å²) in [6, 6.07) is 1.99. The fraction of sp³-hybridized carbons (Fsp3) is 0.308. The van der Waals surface area contributed by atoms with Gasteiger partial charge in [0, 0.05) is 0 Å². The normalized spacial score (nSPS) is 11.7. The van der Waals surface area contributed by atoms with Crippen molar-refractivity contribution in [1.82, 2.24) is 0 Å². The summed E-state index contributed by atoms with van der Waals surface area (Å²) >= 11 is 5.70. The predicted octanol–water partition coefficient (Wildman–Crippen LogP) is 2.05. The molecule has 0 saturated carbocycles. The average Bonchev–Trinajstić information content (AvgIpc) is 2.44. The van der Waals surface area contributed by atoms with Crippen molar-refractivity contribution in [2.24, 2.45) is 5.92 Å². The van der Waals surface area contributed by atoms with E-state index in [-0.39, 0.29) is 16.3 Å². The number of methoxy groups -OCH3 is 2. The van der Waals surface area contributed by atoms with Crippen molar-refractivity contribution in [2.45, 2.75) is 6.92 Å². The highest BCUT2D eigenvalue weighted by Gasteiger charge is 2.31. The van der Waals surface area contributed by atoms with E-state index in [4.69, 9.17) is 16.3 Å². The number of carbonyl (C=O) groups is 3. The van der Waals surface area contributed by atoms with Crippen LogP contribution in [-0.4, -0.2) is 31.8 Å². The van der Waals surface area contributed by atoms with Crippen molar-refractivity contribution in [2.75, 3.05) is 14.2 Å². The molecule has 0 saturated heterocycles. The Balaban J connectivity index is 3.15. The Labute approximate surface area is 119 Å². The van der Waals surface area contributed by atoms with E-state index < -0.39 is 29.3 Å². The number of carbonyl (C=O) groups excluding carboxylic acids is 3. The lowest BCUT2D eigenvalue weighted by molar-refractivity contribution is -0.152. The molecule has 0 N–H and O–H groups in total. The Morgan fingerprint density at radius 1 is 1.25 bits per heavy atom. The van der Waals surface area contributed by atoms with Crippen molar-refractivity contribution < 1.29 is 28.2 Å². The van der Waals surface area contributed by atoms with Crippen LogP contribution in [0, 0.1) is 11.7 Å². The van der Waals surface area contributed by atoms with Crippen molar-refractivity contribution >= 4 is 29.1 Å². The number of hydrogen-bond donors (Lipinski definition) is 0. The molecule has 108 valence electrons. The van der Waals surface area contributed by atoms with Crippen LogP contribution in [0.3, 0.4) is 0 Å². The summed E-state index contributed by atoms with van der Waals surface area (Å²) in [6.45, 7) is 1.20. The summed E-state index contributed by atoms with van der Waals surface area (Å²) in [6.07, 6.45) is 0. The molecule has 1 aromatic carbocycles. The second-order valence-electron chi connectivity index (χ2n) is 3.91. The third-order valence-electron chi connectivity index (χ3n) is 2.68. The predicted molar refractivity (Wildman–Crippen MR) is 68.5 cm³/mol. The van der Waals surface area contributed by atoms with E-state index in [1.807, 2.05) is 0 Å². The van der Waals surface area contributed by atoms with Crippen LogP contribution in [0.4, 0.5) is 4.39 Å². The van der Waals surface area contributed by atoms with Gasteiger partial charge in [-0.2, -0.15) is 0 Å². The molecule has 0 bridgehead atoms. The topological polar surface area (TPSA) is 69.7 Å². The van der Waals surface area contributed by atoms with Gasteiger partial charge in [-0.3, -0.25) is 9.59 Å². The molecule has 0 spiro atoms. The molecule has 0 heterocycles. The molecular formula is C13H12ClFO5. The molecule has 1 unspecified atom stereocenters. The molecule has 0 aromatic heterocycles. The standard InChI is InChI=1S/C13H12ClFO5/c1-6(12(17)13(18)20-3)11(16)7-4-10(19-2)8(14)5-9(7)15/h4-6H,1-3H3. The van der Waals surface area contributed by atoms with Crippen LogP contribution in [0.1, 0.15) is 17.3 Å². The first-order valence-electron chi connectivity index (χ1n) is 5.52. The van der Waals surface area contributed by atoms with Gasteiger partial charge in [-0.05, 0) is 19.1 Å². The van der Waals surface area contributed by atoms with Gasteiger partial charge in [-0.1, -0.05) is 11.6 Å². The number of benzene rings is 1. The lowest BCUT2D eigenvalue weighted by Gasteiger charge is -2.11. The quantitative estimate of drug-likeness (QED) is 0.360. The Morgan fingerprint density at radius 2 is 1.85 bits per heavy atom. The van der Waals surface area contributed by atoms with E-state index in [1.54, 1.807) is 0 Å². The number of hydrogen-bond acceptors (Lipinski definition) is 5. The number of ketones is 2. The molecule has 0 aliphatic rings. The van der Waals surface area contributed by atoms with Crippen molar-refractivity contribution in [3.63, 3.8) is 0 Å². The number of halogens is 2. The number of rotatable bonds is 5. The summed E-state index contributed by atoms with van der Waals surface area (Å²) < 4.78 is 22.8. The van der Waals surface area contributed by atoms with Crippen molar-refractivity contribution in [3.05, 3.63) is 28.5 Å². The lowest BCUT2D eigenvalue weighted by atomic mass is 9.95. The van der Waals surface area contributed by atoms with E-state index in [0.717, 1.165) is 19.2 Å². The Bertz CT molecular complexity index is 570. The van der Waals surface area contributed by atoms with Crippen LogP contribution in [0.15, 0.2) is 12.1 Å². The maximum atomic E-state index is 13.7. The van der Waals surface area contributed by atoms with E-state index in [9.17, 15) is 18.8 Å². The fourth-order valence-electron chi connectivity index (χ4n) is 1.50. The first kappa shape index (κ1) is 16.1. The average molecular weight is 303 g/mol. The minimum atomic E-state index is -1.36. The monoisotopic (exact) mass is 302 g/mol. The van der Waals surface area contributed by atoms with Gasteiger partial charge in [0.1, 0.15) is 11.6 Å². The Morgan fingerprint density at radius 3 is 2.35 bits per heavy atom. The van der Waals surface area contributed by atoms with Crippen LogP contribution in [0.5, 0.6) is 5.75 Å². The molecule has 0 fully saturated rings. The van der Waals surface area contributed by atoms with Gasteiger partial charge in [0.2, 0.25) is 0 Å². The molecule has 1 rings (SSSR count). The third-order valence-corrected chi connectivity index (χ3v) is 2.98. The molecule has 20 heavy (non-hydrogen) atoms. The lowest BCUT2D eigenvalue weighted by Crippen LogP contribution is -2.29. The zero-order valence-electron chi connectivity index (χ0n) is 11.0. The second kappa shape index (κ2) is 6.47. The minimum Gasteiger partial charge on any atom is -0.495 e. The number of esters is 1. The summed E-state index contributed by atoms with van der Waals surface area (Å²) in [5, 5.41) is -0.00602. The highest BCUT2D eigenvalue weighted by molar-refractivity contribution is 6.39. The Hall–Kier alpha value is -1.95. The maximum absolute atomic E-state index is 13.7. The van der Waals surface area contributed by atoms with Gasteiger partial charge < -0.3 is 9.47 Å². The van der Waals surface area contributed by atoms with Gasteiger partial charge in [0.25, 0.3) is 5.78 Å². The molecule has 0 aliphatic heterocycles. The zero-order valence-corrected chi connectivity index (χ0v) is 11.8. The zero-order chi connectivity index (χ0) is 15.4. The van der Waals surface area contributed by atoms with Crippen LogP contribution in [0.2, 0.25) is 5.02 Å². The molecule has 1 aromatic rings. The van der Waals surface area contributed by atoms with E-state index in [1.165, 1.54) is 14.0 Å². The summed E-state index contributed by atoms with van der Waals surface area (Å²) in [5.74, 6) is -5.23. The SMILES string of the molecule is COC(=O)C(=O)C(C)C(=O)c1cc(OC)c(Cl)cc1F. The summed E-state index contributed by atoms with van der Waals surface area (Å²) in [5.41, 5.74) is -0.379. The van der Waals surface area contributed by atoms with Gasteiger partial charge in [0.15, 0.2) is 5.78 Å². The van der Waals surface area contributed by atoms with Crippen LogP contribution in [-0.2, 0) is 14.3 Å². The first-order valence-corrected chi connectivity index (χ1v) is 5.90. The molecule has 0 radical (unpaired) electrons. The summed E-state index contributed by atoms with van der Waals surface area (Å²) in [4.78, 5) is 34.7. The van der Waals surface area contributed by atoms with Crippen LogP contribution >= 0.6 is 11.6 Å². The second-order valence-corrected chi connectivity index (χ2v) is 4.32. The van der Waals surface area contributed by atoms with Crippen molar-refractivity contribution in [3.8, 4) is 5.75 Å². The summed E-state index contributed by atoms with van der Waals surface area (Å²) in [7, 11) is 2.32. The van der Waals surface area contributed by atoms with Crippen molar-refractivity contribution in [1.29, 1.82) is 0 Å². The molecule has 0 amide bonds. The minimum absolute atomic E-state index is 0.00602. The smallest absolute Gasteiger partial charge is 0.375 e.